The second kappa shape index (κ2) is 14.3. The number of fused-ring (bicyclic) bond motifs is 1. The van der Waals surface area contributed by atoms with Gasteiger partial charge in [-0.1, -0.05) is 12.1 Å². The van der Waals surface area contributed by atoms with Gasteiger partial charge >= 0.3 is 17.8 Å². The van der Waals surface area contributed by atoms with E-state index >= 15 is 0 Å². The van der Waals surface area contributed by atoms with Crippen LogP contribution in [-0.4, -0.2) is 90.9 Å². The molecule has 16 heteroatoms. The molecule has 0 fully saturated rings. The Morgan fingerprint density at radius 2 is 1.87 bits per heavy atom. The minimum absolute atomic E-state index is 0.00315. The molecule has 1 unspecified atom stereocenters. The number of alkyl halides is 3. The van der Waals surface area contributed by atoms with Crippen LogP contribution in [0.1, 0.15) is 35.2 Å². The molecule has 2 aromatic carbocycles. The topological polar surface area (TPSA) is 164 Å². The lowest BCUT2D eigenvalue weighted by atomic mass is 9.89. The molecule has 1 atom stereocenters. The number of likely N-dealkylation sites (N-methyl/N-ethyl adjacent to an activating group) is 2. The quantitative estimate of drug-likeness (QED) is 0.216. The number of H-pyrrole nitrogens is 1. The lowest BCUT2D eigenvalue weighted by molar-refractivity contribution is -0.882. The Morgan fingerprint density at radius 1 is 1.21 bits per heavy atom. The molecule has 1 aliphatic heterocycles. The molecule has 0 bridgehead atoms. The summed E-state index contributed by atoms with van der Waals surface area (Å²) in [5.74, 6) is -0.900. The predicted octanol–water partition coefficient (Wildman–Crippen LogP) is 1.72. The summed E-state index contributed by atoms with van der Waals surface area (Å²) >= 11 is 0. The number of carbonyl (C=O) groups excluding carboxylic acids is 3. The number of nitrogens with one attached hydrogen (secondary N) is 1. The minimum atomic E-state index is -4.64. The fourth-order valence-corrected chi connectivity index (χ4v) is 5.25. The van der Waals surface area contributed by atoms with E-state index < -0.39 is 35.9 Å². The molecule has 0 aliphatic carbocycles. The van der Waals surface area contributed by atoms with E-state index in [-0.39, 0.29) is 35.4 Å². The van der Waals surface area contributed by atoms with Gasteiger partial charge in [-0.2, -0.15) is 18.4 Å². The van der Waals surface area contributed by atoms with Crippen molar-refractivity contribution >= 4 is 30.0 Å². The molecule has 0 spiro atoms. The number of benzene rings is 2. The fourth-order valence-electron chi connectivity index (χ4n) is 5.25. The van der Waals surface area contributed by atoms with E-state index in [4.69, 9.17) is 14.6 Å². The highest BCUT2D eigenvalue weighted by Crippen LogP contribution is 2.43. The van der Waals surface area contributed by atoms with Crippen LogP contribution in [0.5, 0.6) is 0 Å². The third-order valence-electron chi connectivity index (χ3n) is 7.59. The smallest absolute Gasteiger partial charge is 0.416 e. The summed E-state index contributed by atoms with van der Waals surface area (Å²) in [6.07, 6.45) is -4.27. The summed E-state index contributed by atoms with van der Waals surface area (Å²) in [6, 6.07) is 10.4. The maximum absolute atomic E-state index is 13.6. The molecule has 4 rings (SSSR count). The number of aromatic amines is 1. The van der Waals surface area contributed by atoms with Crippen molar-refractivity contribution in [3.63, 3.8) is 0 Å². The number of rotatable bonds is 8. The van der Waals surface area contributed by atoms with Crippen molar-refractivity contribution in [2.24, 2.45) is 0 Å². The van der Waals surface area contributed by atoms with Crippen LogP contribution in [-0.2, 0) is 31.7 Å². The molecule has 1 aliphatic rings. The highest BCUT2D eigenvalue weighted by molar-refractivity contribution is 5.93. The highest BCUT2D eigenvalue weighted by atomic mass is 19.4. The van der Waals surface area contributed by atoms with Gasteiger partial charge < -0.3 is 24.0 Å². The largest absolute Gasteiger partial charge is 0.554 e. The van der Waals surface area contributed by atoms with Crippen molar-refractivity contribution in [1.82, 2.24) is 19.7 Å². The van der Waals surface area contributed by atoms with Gasteiger partial charge in [-0.3, -0.25) is 9.69 Å². The molecule has 250 valence electrons. The third-order valence-corrected chi connectivity index (χ3v) is 7.59. The second-order valence-electron chi connectivity index (χ2n) is 11.5. The van der Waals surface area contributed by atoms with Crippen molar-refractivity contribution in [3.8, 4) is 6.07 Å². The highest BCUT2D eigenvalue weighted by Gasteiger charge is 2.41. The molecule has 0 saturated carbocycles. The Labute approximate surface area is 268 Å². The third kappa shape index (κ3) is 7.87. The van der Waals surface area contributed by atoms with Crippen LogP contribution in [0.2, 0.25) is 0 Å². The first-order chi connectivity index (χ1) is 22.0. The minimum Gasteiger partial charge on any atom is -0.554 e. The average molecular weight is 658 g/mol. The number of ether oxygens (including phenoxy) is 1. The average Bonchev–Trinajstić information content (AvgIpc) is 3.39. The fraction of sp³-hybridized carbons (Fsp3) is 0.355. The van der Waals surface area contributed by atoms with Crippen LogP contribution < -0.4 is 15.7 Å². The number of hydrogen-bond acceptors (Lipinski definition) is 9. The van der Waals surface area contributed by atoms with Gasteiger partial charge in [-0.05, 0) is 48.4 Å². The Hall–Kier alpha value is -5.43. The number of nitrogens with zero attached hydrogens (tertiary/aromatic N) is 6. The number of halogens is 3. The molecule has 0 saturated heterocycles. The number of aromatic nitrogens is 3. The Bertz CT molecular complexity index is 1790. The number of anilines is 2. The van der Waals surface area contributed by atoms with Crippen LogP contribution in [0.4, 0.5) is 24.8 Å². The zero-order valence-corrected chi connectivity index (χ0v) is 26.6. The number of quaternary nitrogens is 1. The number of carboxylic acid groups (broad SMARTS) is 1. The number of methoxy groups -OCH3 is 1. The van der Waals surface area contributed by atoms with E-state index in [9.17, 15) is 32.8 Å². The van der Waals surface area contributed by atoms with E-state index in [2.05, 4.69) is 16.3 Å². The van der Waals surface area contributed by atoms with Gasteiger partial charge in [0.15, 0.2) is 6.54 Å². The van der Waals surface area contributed by atoms with E-state index in [0.29, 0.717) is 34.1 Å². The normalized spacial score (nSPS) is 14.4. The standard InChI is InChI=1S/C30H32F3N7O4.CH2O2/c1-18-25(27(42)44-6)26(23-11-10-19(16-34)14-20(23)12-13-40(4,5)17-24(41)37(2)3)39-28(35-36-29(39)43)38(18)22-9-7-8-21(15-22)30(31,32)33;2-1-3/h7-11,14-15,26H,12-13,17H2,1-6H3;1H,(H,2,3). The van der Waals surface area contributed by atoms with Crippen LogP contribution in [0, 0.1) is 11.3 Å². The Balaban J connectivity index is 0.00000192. The number of allylic oxidation sites excluding steroid dienone is 1. The first kappa shape index (κ1) is 36.0. The van der Waals surface area contributed by atoms with E-state index in [1.807, 2.05) is 14.1 Å². The van der Waals surface area contributed by atoms with Crippen LogP contribution in [0.15, 0.2) is 58.5 Å². The van der Waals surface area contributed by atoms with E-state index in [1.54, 1.807) is 39.2 Å². The second-order valence-corrected chi connectivity index (χ2v) is 11.5. The lowest BCUT2D eigenvalue weighted by Crippen LogP contribution is -2.48. The molecule has 1 aromatic heterocycles. The molecule has 2 heterocycles. The molecule has 0 radical (unpaired) electrons. The van der Waals surface area contributed by atoms with Crippen molar-refractivity contribution in [3.05, 3.63) is 86.5 Å². The van der Waals surface area contributed by atoms with Crippen molar-refractivity contribution in [1.29, 1.82) is 5.26 Å². The molecule has 47 heavy (non-hydrogen) atoms. The van der Waals surface area contributed by atoms with Gasteiger partial charge in [0.2, 0.25) is 5.95 Å². The molecular weight excluding hydrogens is 623 g/mol. The summed E-state index contributed by atoms with van der Waals surface area (Å²) in [7, 11) is 8.30. The number of amides is 1. The van der Waals surface area contributed by atoms with Crippen LogP contribution in [0.25, 0.3) is 0 Å². The van der Waals surface area contributed by atoms with Crippen molar-refractivity contribution in [2.75, 3.05) is 53.3 Å². The van der Waals surface area contributed by atoms with Crippen LogP contribution >= 0.6 is 0 Å². The SMILES string of the molecule is COC(=O)C1=C(C)N(c2cccc(C(F)(F)F)c2)c2n[nH]c(=O)n2C1c1ccc(C#N)cc1CC[N+](C)(C)CC(=O)N(C)C.O=C[O-]. The summed E-state index contributed by atoms with van der Waals surface area (Å²) in [4.78, 5) is 50.2. The molecule has 3 aromatic rings. The molecular formula is C31H34F3N7O6. The predicted molar refractivity (Wildman–Crippen MR) is 161 cm³/mol. The maximum Gasteiger partial charge on any atom is 0.416 e. The van der Waals surface area contributed by atoms with Gasteiger partial charge in [0.1, 0.15) is 6.04 Å². The summed E-state index contributed by atoms with van der Waals surface area (Å²) in [5, 5.41) is 24.4. The first-order valence-electron chi connectivity index (χ1n) is 14.0. The zero-order chi connectivity index (χ0) is 35.3. The van der Waals surface area contributed by atoms with Crippen LogP contribution in [0.3, 0.4) is 0 Å². The van der Waals surface area contributed by atoms with Crippen molar-refractivity contribution in [2.45, 2.75) is 25.6 Å². The summed E-state index contributed by atoms with van der Waals surface area (Å²) in [5.41, 5.74) is 0.0891. The maximum atomic E-state index is 13.6. The van der Waals surface area contributed by atoms with Gasteiger partial charge in [0.05, 0.1) is 50.5 Å². The monoisotopic (exact) mass is 657 g/mol. The number of hydrogen-bond donors (Lipinski definition) is 1. The zero-order valence-electron chi connectivity index (χ0n) is 26.6. The number of carbonyl (C=O) groups is 3. The Kier molecular flexibility index (Phi) is 11.0. The number of esters is 1. The van der Waals surface area contributed by atoms with E-state index in [0.717, 1.165) is 12.1 Å². The van der Waals surface area contributed by atoms with Gasteiger partial charge in [-0.25, -0.2) is 19.3 Å². The first-order valence-corrected chi connectivity index (χ1v) is 14.0. The van der Waals surface area contributed by atoms with Gasteiger partial charge in [0, 0.05) is 38.4 Å². The van der Waals surface area contributed by atoms with Gasteiger partial charge in [0.25, 0.3) is 5.91 Å². The number of nitriles is 1. The lowest BCUT2D eigenvalue weighted by Gasteiger charge is -2.36. The summed E-state index contributed by atoms with van der Waals surface area (Å²) < 4.78 is 47.5. The van der Waals surface area contributed by atoms with Gasteiger partial charge in [-0.15, -0.1) is 5.10 Å². The molecule has 1 N–H and O–H groups in total. The molecule has 13 nitrogen and oxygen atoms in total. The molecule has 1 amide bonds. The summed E-state index contributed by atoms with van der Waals surface area (Å²) in [6.45, 7) is 1.72. The Morgan fingerprint density at radius 3 is 2.45 bits per heavy atom. The van der Waals surface area contributed by atoms with E-state index in [1.165, 1.54) is 33.6 Å². The van der Waals surface area contributed by atoms with Crippen molar-refractivity contribution < 1.29 is 41.9 Å².